The molecule has 0 unspecified atom stereocenters. The summed E-state index contributed by atoms with van der Waals surface area (Å²) in [6.45, 7) is 3.54. The van der Waals surface area contributed by atoms with Gasteiger partial charge in [0.1, 0.15) is 5.75 Å². The van der Waals surface area contributed by atoms with Gasteiger partial charge in [0.25, 0.3) is 5.91 Å². The summed E-state index contributed by atoms with van der Waals surface area (Å²) in [6.07, 6.45) is 19.6. The van der Waals surface area contributed by atoms with Gasteiger partial charge in [0.15, 0.2) is 0 Å². The highest BCUT2D eigenvalue weighted by atomic mass is 79.9. The molecule has 2 aromatic rings. The van der Waals surface area contributed by atoms with Crippen LogP contribution >= 0.6 is 15.9 Å². The van der Waals surface area contributed by atoms with Gasteiger partial charge in [-0.1, -0.05) is 137 Å². The van der Waals surface area contributed by atoms with E-state index in [4.69, 9.17) is 4.74 Å². The third kappa shape index (κ3) is 13.8. The fourth-order valence-corrected chi connectivity index (χ4v) is 4.71. The van der Waals surface area contributed by atoms with Gasteiger partial charge in [0, 0.05) is 17.4 Å². The number of benzene rings is 2. The maximum absolute atomic E-state index is 12.8. The van der Waals surface area contributed by atoms with E-state index in [1.165, 1.54) is 89.0 Å². The second-order valence-corrected chi connectivity index (χ2v) is 10.5. The molecule has 194 valence electrons. The average Bonchev–Trinajstić information content (AvgIpc) is 2.87. The lowest BCUT2D eigenvalue weighted by molar-refractivity contribution is 0.0949. The molecule has 0 aromatic heterocycles. The van der Waals surface area contributed by atoms with Crippen LogP contribution in [0.5, 0.6) is 5.75 Å². The largest absolute Gasteiger partial charge is 0.492 e. The summed E-state index contributed by atoms with van der Waals surface area (Å²) in [7, 11) is 0. The van der Waals surface area contributed by atoms with E-state index < -0.39 is 0 Å². The standard InChI is InChI=1S/C31H46BrNO2/c1-2-3-4-5-6-7-8-9-10-11-12-13-14-18-24-33-31(34)29-26-28(32)21-22-30(29)35-25-23-27-19-16-15-17-20-27/h15-17,19-22,26H,2-14,18,23-25H2,1H3,(H,33,34). The molecule has 35 heavy (non-hydrogen) atoms. The van der Waals surface area contributed by atoms with Crippen molar-refractivity contribution in [1.82, 2.24) is 5.32 Å². The lowest BCUT2D eigenvalue weighted by atomic mass is 10.0. The van der Waals surface area contributed by atoms with Crippen molar-refractivity contribution in [3.63, 3.8) is 0 Å². The third-order valence-corrected chi connectivity index (χ3v) is 6.99. The Hall–Kier alpha value is -1.81. The zero-order valence-electron chi connectivity index (χ0n) is 21.8. The van der Waals surface area contributed by atoms with E-state index in [1.807, 2.05) is 36.4 Å². The molecule has 4 heteroatoms. The molecule has 1 N–H and O–H groups in total. The minimum absolute atomic E-state index is 0.0595. The van der Waals surface area contributed by atoms with Gasteiger partial charge in [-0.25, -0.2) is 0 Å². The van der Waals surface area contributed by atoms with Crippen LogP contribution in [0.25, 0.3) is 0 Å². The first kappa shape index (κ1) is 29.4. The van der Waals surface area contributed by atoms with Gasteiger partial charge in [-0.15, -0.1) is 0 Å². The number of amides is 1. The quantitative estimate of drug-likeness (QED) is 0.169. The molecule has 2 aromatic carbocycles. The number of nitrogens with one attached hydrogen (secondary N) is 1. The molecule has 0 spiro atoms. The molecule has 0 saturated heterocycles. The van der Waals surface area contributed by atoms with E-state index in [9.17, 15) is 4.79 Å². The third-order valence-electron chi connectivity index (χ3n) is 6.49. The van der Waals surface area contributed by atoms with Gasteiger partial charge in [-0.3, -0.25) is 4.79 Å². The average molecular weight is 545 g/mol. The fraction of sp³-hybridized carbons (Fsp3) is 0.581. The number of hydrogen-bond acceptors (Lipinski definition) is 2. The Morgan fingerprint density at radius 3 is 1.94 bits per heavy atom. The molecule has 0 fully saturated rings. The summed E-state index contributed by atoms with van der Waals surface area (Å²) in [4.78, 5) is 12.8. The maximum Gasteiger partial charge on any atom is 0.255 e. The summed E-state index contributed by atoms with van der Waals surface area (Å²) in [5.74, 6) is 0.582. The van der Waals surface area contributed by atoms with Crippen LogP contribution < -0.4 is 10.1 Å². The molecule has 0 aliphatic heterocycles. The summed E-state index contributed by atoms with van der Waals surface area (Å²) >= 11 is 3.48. The zero-order valence-corrected chi connectivity index (χ0v) is 23.4. The summed E-state index contributed by atoms with van der Waals surface area (Å²) in [5.41, 5.74) is 1.83. The predicted octanol–water partition coefficient (Wildman–Crippen LogP) is 9.28. The van der Waals surface area contributed by atoms with Gasteiger partial charge in [-0.05, 0) is 30.2 Å². The first-order valence-corrected chi connectivity index (χ1v) is 14.7. The molecular formula is C31H46BrNO2. The van der Waals surface area contributed by atoms with Crippen molar-refractivity contribution in [1.29, 1.82) is 0 Å². The van der Waals surface area contributed by atoms with Crippen molar-refractivity contribution >= 4 is 21.8 Å². The number of halogens is 1. The molecule has 2 rings (SSSR count). The molecule has 0 bridgehead atoms. The highest BCUT2D eigenvalue weighted by Crippen LogP contribution is 2.23. The van der Waals surface area contributed by atoms with E-state index in [1.54, 1.807) is 0 Å². The van der Waals surface area contributed by atoms with Crippen LogP contribution in [0.4, 0.5) is 0 Å². The first-order valence-electron chi connectivity index (χ1n) is 13.9. The van der Waals surface area contributed by atoms with Gasteiger partial charge in [-0.2, -0.15) is 0 Å². The monoisotopic (exact) mass is 543 g/mol. The zero-order chi connectivity index (χ0) is 25.0. The van der Waals surface area contributed by atoms with Crippen molar-refractivity contribution < 1.29 is 9.53 Å². The lowest BCUT2D eigenvalue weighted by Gasteiger charge is -2.12. The Bertz CT molecular complexity index is 809. The molecule has 3 nitrogen and oxygen atoms in total. The molecule has 0 radical (unpaired) electrons. The Morgan fingerprint density at radius 2 is 1.34 bits per heavy atom. The van der Waals surface area contributed by atoms with Crippen molar-refractivity contribution in [2.45, 2.75) is 103 Å². The molecule has 0 heterocycles. The van der Waals surface area contributed by atoms with Crippen LogP contribution in [0.15, 0.2) is 53.0 Å². The Balaban J connectivity index is 1.53. The fourth-order valence-electron chi connectivity index (χ4n) is 4.35. The molecular weight excluding hydrogens is 498 g/mol. The summed E-state index contributed by atoms with van der Waals surface area (Å²) < 4.78 is 6.85. The van der Waals surface area contributed by atoms with E-state index >= 15 is 0 Å². The number of ether oxygens (including phenoxy) is 1. The SMILES string of the molecule is CCCCCCCCCCCCCCCCNC(=O)c1cc(Br)ccc1OCCc1ccccc1. The van der Waals surface area contributed by atoms with Crippen LogP contribution in [0.2, 0.25) is 0 Å². The Morgan fingerprint density at radius 1 is 0.771 bits per heavy atom. The summed E-state index contributed by atoms with van der Waals surface area (Å²) in [5, 5.41) is 3.08. The highest BCUT2D eigenvalue weighted by molar-refractivity contribution is 9.10. The summed E-state index contributed by atoms with van der Waals surface area (Å²) in [6, 6.07) is 15.9. The van der Waals surface area contributed by atoms with Crippen LogP contribution in [-0.2, 0) is 6.42 Å². The second kappa shape index (κ2) is 19.4. The predicted molar refractivity (Wildman–Crippen MR) is 152 cm³/mol. The minimum atomic E-state index is -0.0595. The minimum Gasteiger partial charge on any atom is -0.492 e. The first-order chi connectivity index (χ1) is 17.2. The molecule has 0 aliphatic carbocycles. The number of rotatable bonds is 20. The number of hydrogen-bond donors (Lipinski definition) is 1. The lowest BCUT2D eigenvalue weighted by Crippen LogP contribution is -2.25. The van der Waals surface area contributed by atoms with Crippen molar-refractivity contribution in [3.05, 3.63) is 64.1 Å². The topological polar surface area (TPSA) is 38.3 Å². The maximum atomic E-state index is 12.8. The van der Waals surface area contributed by atoms with Crippen LogP contribution in [0, 0.1) is 0 Å². The Kier molecular flexibility index (Phi) is 16.3. The molecule has 0 saturated carbocycles. The van der Waals surface area contributed by atoms with E-state index in [0.717, 1.165) is 17.3 Å². The number of unbranched alkanes of at least 4 members (excludes halogenated alkanes) is 13. The highest BCUT2D eigenvalue weighted by Gasteiger charge is 2.13. The van der Waals surface area contributed by atoms with Crippen molar-refractivity contribution in [2.75, 3.05) is 13.2 Å². The number of carbonyl (C=O) groups is 1. The molecule has 0 aliphatic rings. The second-order valence-electron chi connectivity index (χ2n) is 9.58. The van der Waals surface area contributed by atoms with Gasteiger partial charge in [0.2, 0.25) is 0 Å². The Labute approximate surface area is 222 Å². The van der Waals surface area contributed by atoms with Crippen molar-refractivity contribution in [2.24, 2.45) is 0 Å². The van der Waals surface area contributed by atoms with Gasteiger partial charge < -0.3 is 10.1 Å². The molecule has 0 atom stereocenters. The van der Waals surface area contributed by atoms with Gasteiger partial charge in [0.05, 0.1) is 12.2 Å². The van der Waals surface area contributed by atoms with Crippen LogP contribution in [-0.4, -0.2) is 19.1 Å². The van der Waals surface area contributed by atoms with Crippen molar-refractivity contribution in [3.8, 4) is 5.75 Å². The van der Waals surface area contributed by atoms with E-state index in [2.05, 4.69) is 40.3 Å². The van der Waals surface area contributed by atoms with Crippen LogP contribution in [0.3, 0.4) is 0 Å². The smallest absolute Gasteiger partial charge is 0.255 e. The number of carbonyl (C=O) groups excluding carboxylic acids is 1. The molecule has 1 amide bonds. The van der Waals surface area contributed by atoms with E-state index in [-0.39, 0.29) is 5.91 Å². The van der Waals surface area contributed by atoms with Crippen LogP contribution in [0.1, 0.15) is 113 Å². The normalized spacial score (nSPS) is 10.9. The van der Waals surface area contributed by atoms with Gasteiger partial charge >= 0.3 is 0 Å². The van der Waals surface area contributed by atoms with E-state index in [0.29, 0.717) is 24.5 Å².